The van der Waals surface area contributed by atoms with E-state index in [1.54, 1.807) is 31.6 Å². The lowest BCUT2D eigenvalue weighted by Gasteiger charge is -2.39. The van der Waals surface area contributed by atoms with Crippen molar-refractivity contribution in [2.75, 3.05) is 32.1 Å². The Morgan fingerprint density at radius 1 is 1.18 bits per heavy atom. The highest BCUT2D eigenvalue weighted by molar-refractivity contribution is 5.93. The lowest BCUT2D eigenvalue weighted by atomic mass is 9.91. The molecule has 3 aromatic heterocycles. The van der Waals surface area contributed by atoms with Gasteiger partial charge in [0.25, 0.3) is 0 Å². The fraction of sp³-hybridized carbons (Fsp3) is 0.483. The molecule has 5 heterocycles. The molecule has 1 saturated carbocycles. The summed E-state index contributed by atoms with van der Waals surface area (Å²) in [5.41, 5.74) is 7.79. The summed E-state index contributed by atoms with van der Waals surface area (Å²) in [7, 11) is 1.61. The van der Waals surface area contributed by atoms with Gasteiger partial charge in [0, 0.05) is 36.9 Å². The van der Waals surface area contributed by atoms with Crippen molar-refractivity contribution in [1.82, 2.24) is 19.9 Å². The van der Waals surface area contributed by atoms with Crippen LogP contribution in [0.3, 0.4) is 0 Å². The van der Waals surface area contributed by atoms with E-state index in [1.807, 2.05) is 31.7 Å². The number of nitrogens with zero attached hydrogens (tertiary/aromatic N) is 4. The Bertz CT molecular complexity index is 1480. The van der Waals surface area contributed by atoms with Gasteiger partial charge in [-0.2, -0.15) is 0 Å². The van der Waals surface area contributed by atoms with Crippen LogP contribution in [0.5, 0.6) is 5.88 Å². The van der Waals surface area contributed by atoms with Crippen LogP contribution in [0.15, 0.2) is 30.6 Å². The number of carbonyl (C=O) groups excluding carboxylic acids is 2. The van der Waals surface area contributed by atoms with Crippen molar-refractivity contribution in [2.24, 2.45) is 11.7 Å². The highest BCUT2D eigenvalue weighted by Gasteiger charge is 2.40. The van der Waals surface area contributed by atoms with E-state index >= 15 is 0 Å². The van der Waals surface area contributed by atoms with Crippen LogP contribution < -0.4 is 15.8 Å². The SMILES string of the molecule is COC[C@@](C)(N)c1cnc(OC2CN(C(=O)C3CC3)C2)c2cnc(Nc3ccc4c(n3)[C@@H](C)[C@H](C)OC4=O)cc12. The van der Waals surface area contributed by atoms with Crippen LogP contribution in [0.25, 0.3) is 10.8 Å². The second-order valence-corrected chi connectivity index (χ2v) is 11.4. The number of amides is 1. The Morgan fingerprint density at radius 3 is 2.67 bits per heavy atom. The van der Waals surface area contributed by atoms with E-state index in [-0.39, 0.29) is 42.5 Å². The quantitative estimate of drug-likeness (QED) is 0.404. The second kappa shape index (κ2) is 9.97. The van der Waals surface area contributed by atoms with E-state index in [0.717, 1.165) is 23.8 Å². The predicted octanol–water partition coefficient (Wildman–Crippen LogP) is 3.25. The minimum absolute atomic E-state index is 0.0367. The van der Waals surface area contributed by atoms with Gasteiger partial charge in [0.2, 0.25) is 11.8 Å². The summed E-state index contributed by atoms with van der Waals surface area (Å²) >= 11 is 0. The van der Waals surface area contributed by atoms with E-state index < -0.39 is 5.54 Å². The summed E-state index contributed by atoms with van der Waals surface area (Å²) < 4.78 is 17.0. The zero-order valence-corrected chi connectivity index (χ0v) is 23.1. The van der Waals surface area contributed by atoms with Crippen LogP contribution in [0.2, 0.25) is 0 Å². The summed E-state index contributed by atoms with van der Waals surface area (Å²) in [5, 5.41) is 4.80. The third-order valence-electron chi connectivity index (χ3n) is 7.99. The molecule has 6 rings (SSSR count). The number of aromatic nitrogens is 3. The molecular formula is C29H34N6O5. The lowest BCUT2D eigenvalue weighted by Crippen LogP contribution is -2.56. The van der Waals surface area contributed by atoms with Crippen LogP contribution in [0, 0.1) is 5.92 Å². The van der Waals surface area contributed by atoms with Crippen molar-refractivity contribution in [3.8, 4) is 5.88 Å². The number of carbonyl (C=O) groups is 2. The summed E-state index contributed by atoms with van der Waals surface area (Å²) in [5.74, 6) is 1.58. The van der Waals surface area contributed by atoms with Crippen LogP contribution >= 0.6 is 0 Å². The number of hydrogen-bond donors (Lipinski definition) is 2. The van der Waals surface area contributed by atoms with Crippen molar-refractivity contribution in [2.45, 2.75) is 57.3 Å². The first-order valence-electron chi connectivity index (χ1n) is 13.7. The van der Waals surface area contributed by atoms with Gasteiger partial charge in [0.15, 0.2) is 0 Å². The molecule has 11 heteroatoms. The summed E-state index contributed by atoms with van der Waals surface area (Å²) in [6.07, 6.45) is 5.02. The van der Waals surface area contributed by atoms with E-state index in [0.29, 0.717) is 47.2 Å². The highest BCUT2D eigenvalue weighted by atomic mass is 16.5. The molecule has 2 aliphatic heterocycles. The molecule has 1 amide bonds. The molecule has 2 fully saturated rings. The van der Waals surface area contributed by atoms with Gasteiger partial charge in [-0.3, -0.25) is 4.79 Å². The van der Waals surface area contributed by atoms with E-state index in [2.05, 4.69) is 15.3 Å². The average Bonchev–Trinajstić information content (AvgIpc) is 3.74. The molecule has 11 nitrogen and oxygen atoms in total. The van der Waals surface area contributed by atoms with Crippen molar-refractivity contribution < 1.29 is 23.8 Å². The van der Waals surface area contributed by atoms with Crippen molar-refractivity contribution in [3.05, 3.63) is 47.4 Å². The molecule has 0 unspecified atom stereocenters. The maximum atomic E-state index is 12.3. The fourth-order valence-corrected chi connectivity index (χ4v) is 5.30. The molecule has 0 aromatic carbocycles. The molecular weight excluding hydrogens is 512 g/mol. The van der Waals surface area contributed by atoms with Crippen LogP contribution in [-0.4, -0.2) is 70.7 Å². The number of ether oxygens (including phenoxy) is 3. The Kier molecular flexibility index (Phi) is 6.58. The topological polar surface area (TPSA) is 142 Å². The number of rotatable bonds is 8. The maximum absolute atomic E-state index is 12.3. The molecule has 1 saturated heterocycles. The number of likely N-dealkylation sites (tertiary alicyclic amines) is 1. The number of anilines is 2. The molecule has 3 atom stereocenters. The number of hydrogen-bond acceptors (Lipinski definition) is 10. The molecule has 0 spiro atoms. The normalized spacial score (nSPS) is 22.2. The first-order chi connectivity index (χ1) is 19.1. The zero-order chi connectivity index (χ0) is 28.2. The average molecular weight is 547 g/mol. The minimum Gasteiger partial charge on any atom is -0.470 e. The fourth-order valence-electron chi connectivity index (χ4n) is 5.30. The number of esters is 1. The Morgan fingerprint density at radius 2 is 1.95 bits per heavy atom. The number of nitrogens with two attached hydrogens (primary N) is 1. The van der Waals surface area contributed by atoms with Crippen molar-refractivity contribution >= 4 is 34.3 Å². The number of fused-ring (bicyclic) bond motifs is 2. The maximum Gasteiger partial charge on any atom is 0.340 e. The van der Waals surface area contributed by atoms with Gasteiger partial charge >= 0.3 is 5.97 Å². The summed E-state index contributed by atoms with van der Waals surface area (Å²) in [6, 6.07) is 5.36. The molecule has 3 aromatic rings. The number of cyclic esters (lactones) is 1. The second-order valence-electron chi connectivity index (χ2n) is 11.4. The highest BCUT2D eigenvalue weighted by Crippen LogP contribution is 2.36. The van der Waals surface area contributed by atoms with Gasteiger partial charge in [0.05, 0.1) is 41.9 Å². The number of nitrogens with one attached hydrogen (secondary N) is 1. The van der Waals surface area contributed by atoms with Crippen molar-refractivity contribution in [3.63, 3.8) is 0 Å². The van der Waals surface area contributed by atoms with E-state index in [9.17, 15) is 9.59 Å². The van der Waals surface area contributed by atoms with Gasteiger partial charge in [-0.05, 0) is 50.3 Å². The molecule has 1 aliphatic carbocycles. The Labute approximate surface area is 232 Å². The Balaban J connectivity index is 1.30. The molecule has 3 N–H and O–H groups in total. The first kappa shape index (κ1) is 26.4. The molecule has 0 bridgehead atoms. The smallest absolute Gasteiger partial charge is 0.340 e. The van der Waals surface area contributed by atoms with Gasteiger partial charge in [-0.1, -0.05) is 6.92 Å². The third-order valence-corrected chi connectivity index (χ3v) is 7.99. The van der Waals surface area contributed by atoms with Gasteiger partial charge in [-0.15, -0.1) is 0 Å². The third kappa shape index (κ3) is 4.84. The van der Waals surface area contributed by atoms with Crippen LogP contribution in [0.4, 0.5) is 11.6 Å². The van der Waals surface area contributed by atoms with Gasteiger partial charge in [-0.25, -0.2) is 19.7 Å². The summed E-state index contributed by atoms with van der Waals surface area (Å²) in [4.78, 5) is 40.4. The van der Waals surface area contributed by atoms with Gasteiger partial charge in [0.1, 0.15) is 23.8 Å². The Hall–Kier alpha value is -3.83. The van der Waals surface area contributed by atoms with E-state index in [1.165, 1.54) is 0 Å². The lowest BCUT2D eigenvalue weighted by molar-refractivity contribution is -0.141. The predicted molar refractivity (Wildman–Crippen MR) is 147 cm³/mol. The number of methoxy groups -OCH3 is 1. The minimum atomic E-state index is -0.822. The van der Waals surface area contributed by atoms with Crippen LogP contribution in [0.1, 0.15) is 61.1 Å². The molecule has 40 heavy (non-hydrogen) atoms. The summed E-state index contributed by atoms with van der Waals surface area (Å²) in [6.45, 7) is 7.14. The first-order valence-corrected chi connectivity index (χ1v) is 13.7. The van der Waals surface area contributed by atoms with Crippen molar-refractivity contribution in [1.29, 1.82) is 0 Å². The zero-order valence-electron chi connectivity index (χ0n) is 23.1. The van der Waals surface area contributed by atoms with Crippen LogP contribution in [-0.2, 0) is 19.8 Å². The standard InChI is InChI=1S/C29H34N6O5/c1-15-16(2)39-28(37)19-7-8-23(34-25(15)19)33-24-9-20-21(10-31-24)26(32-11-22(20)29(3,30)14-38-4)40-18-12-35(13-18)27(36)17-5-6-17/h7-11,15-18H,5-6,12-14,30H2,1-4H3,(H,31,33,34)/t15-,16-,29+/m0/s1. The molecule has 210 valence electrons. The van der Waals surface area contributed by atoms with Gasteiger partial charge < -0.3 is 30.2 Å². The monoisotopic (exact) mass is 546 g/mol. The van der Waals surface area contributed by atoms with E-state index in [4.69, 9.17) is 24.9 Å². The molecule has 3 aliphatic rings. The molecule has 0 radical (unpaired) electrons. The number of pyridine rings is 3. The largest absolute Gasteiger partial charge is 0.470 e.